The highest BCUT2D eigenvalue weighted by Gasteiger charge is 2.12. The maximum Gasteiger partial charge on any atom is 0.224 e. The number of hydrogen-bond donors (Lipinski definition) is 2. The van der Waals surface area contributed by atoms with Crippen molar-refractivity contribution in [3.8, 4) is 0 Å². The predicted octanol–water partition coefficient (Wildman–Crippen LogP) is 3.85. The highest BCUT2D eigenvalue weighted by molar-refractivity contribution is 6.03. The summed E-state index contributed by atoms with van der Waals surface area (Å²) in [6, 6.07) is 8.02. The van der Waals surface area contributed by atoms with E-state index in [-0.39, 0.29) is 5.91 Å². The van der Waals surface area contributed by atoms with Crippen molar-refractivity contribution in [3.05, 3.63) is 30.0 Å². The summed E-state index contributed by atoms with van der Waals surface area (Å²) in [5.74, 6) is 0.521. The van der Waals surface area contributed by atoms with Gasteiger partial charge in [-0.1, -0.05) is 38.5 Å². The van der Waals surface area contributed by atoms with Crippen LogP contribution in [0.3, 0.4) is 0 Å². The molecule has 18 heavy (non-hydrogen) atoms. The van der Waals surface area contributed by atoms with Gasteiger partial charge in [-0.2, -0.15) is 0 Å². The molecule has 96 valence electrons. The second kappa shape index (κ2) is 5.25. The molecule has 0 saturated heterocycles. The average Bonchev–Trinajstić information content (AvgIpc) is 2.66. The third kappa shape index (κ3) is 2.55. The number of para-hydroxylation sites is 1. The number of fused-ring (bicyclic) bond motifs is 1. The predicted molar refractivity (Wildman–Crippen MR) is 75.7 cm³/mol. The summed E-state index contributed by atoms with van der Waals surface area (Å²) in [6.45, 7) is 6.19. The number of amides is 1. The molecular formula is C15H20N2O. The van der Waals surface area contributed by atoms with E-state index < -0.39 is 0 Å². The standard InChI is InChI=1S/C15H20N2O/c1-4-10(2)9-14(18)17-15-11(3)16-13-8-6-5-7-12(13)15/h5-8,10,16H,4,9H2,1-3H3,(H,17,18). The lowest BCUT2D eigenvalue weighted by Crippen LogP contribution is -2.15. The lowest BCUT2D eigenvalue weighted by molar-refractivity contribution is -0.117. The number of H-pyrrole nitrogens is 1. The minimum atomic E-state index is 0.0946. The Hall–Kier alpha value is -1.77. The minimum Gasteiger partial charge on any atom is -0.357 e. The van der Waals surface area contributed by atoms with Gasteiger partial charge in [0.1, 0.15) is 0 Å². The van der Waals surface area contributed by atoms with Crippen LogP contribution in [0.15, 0.2) is 24.3 Å². The van der Waals surface area contributed by atoms with Crippen LogP contribution in [0.1, 0.15) is 32.4 Å². The Bertz CT molecular complexity index is 557. The molecule has 1 aromatic heterocycles. The van der Waals surface area contributed by atoms with Crippen LogP contribution < -0.4 is 5.32 Å². The van der Waals surface area contributed by atoms with Gasteiger partial charge in [-0.05, 0) is 18.9 Å². The monoisotopic (exact) mass is 244 g/mol. The molecule has 2 rings (SSSR count). The van der Waals surface area contributed by atoms with E-state index >= 15 is 0 Å². The Labute approximate surface area is 108 Å². The lowest BCUT2D eigenvalue weighted by Gasteiger charge is -2.09. The van der Waals surface area contributed by atoms with Crippen molar-refractivity contribution in [2.75, 3.05) is 5.32 Å². The van der Waals surface area contributed by atoms with Crippen molar-refractivity contribution < 1.29 is 4.79 Å². The molecule has 0 radical (unpaired) electrons. The highest BCUT2D eigenvalue weighted by Crippen LogP contribution is 2.27. The van der Waals surface area contributed by atoms with Crippen molar-refractivity contribution in [2.24, 2.45) is 5.92 Å². The van der Waals surface area contributed by atoms with Gasteiger partial charge in [-0.3, -0.25) is 4.79 Å². The van der Waals surface area contributed by atoms with E-state index in [0.717, 1.165) is 28.7 Å². The van der Waals surface area contributed by atoms with E-state index in [1.165, 1.54) is 0 Å². The Kier molecular flexibility index (Phi) is 3.70. The lowest BCUT2D eigenvalue weighted by atomic mass is 10.0. The van der Waals surface area contributed by atoms with E-state index in [1.807, 2.05) is 31.2 Å². The molecule has 0 aliphatic carbocycles. The number of benzene rings is 1. The van der Waals surface area contributed by atoms with Crippen LogP contribution in [0.4, 0.5) is 5.69 Å². The molecule has 1 atom stereocenters. The number of rotatable bonds is 4. The second-order valence-corrected chi connectivity index (χ2v) is 4.94. The molecule has 3 heteroatoms. The Morgan fingerprint density at radius 2 is 2.11 bits per heavy atom. The van der Waals surface area contributed by atoms with Gasteiger partial charge in [-0.15, -0.1) is 0 Å². The van der Waals surface area contributed by atoms with E-state index in [4.69, 9.17) is 0 Å². The zero-order valence-corrected chi connectivity index (χ0v) is 11.2. The molecular weight excluding hydrogens is 224 g/mol. The molecule has 0 aliphatic heterocycles. The van der Waals surface area contributed by atoms with E-state index in [9.17, 15) is 4.79 Å². The highest BCUT2D eigenvalue weighted by atomic mass is 16.1. The first-order valence-electron chi connectivity index (χ1n) is 6.49. The number of carbonyl (C=O) groups is 1. The maximum atomic E-state index is 12.0. The van der Waals surface area contributed by atoms with Crippen molar-refractivity contribution in [1.29, 1.82) is 0 Å². The van der Waals surface area contributed by atoms with Crippen molar-refractivity contribution in [3.63, 3.8) is 0 Å². The molecule has 0 saturated carbocycles. The van der Waals surface area contributed by atoms with Gasteiger partial charge in [0.15, 0.2) is 0 Å². The quantitative estimate of drug-likeness (QED) is 0.843. The molecule has 2 N–H and O–H groups in total. The Morgan fingerprint density at radius 1 is 1.39 bits per heavy atom. The smallest absolute Gasteiger partial charge is 0.224 e. The molecule has 2 aromatic rings. The molecule has 0 fully saturated rings. The van der Waals surface area contributed by atoms with E-state index in [2.05, 4.69) is 24.1 Å². The van der Waals surface area contributed by atoms with Gasteiger partial charge >= 0.3 is 0 Å². The summed E-state index contributed by atoms with van der Waals surface area (Å²) in [5, 5.41) is 4.10. The average molecular weight is 244 g/mol. The van der Waals surface area contributed by atoms with Crippen molar-refractivity contribution in [2.45, 2.75) is 33.6 Å². The molecule has 1 aromatic carbocycles. The maximum absolute atomic E-state index is 12.0. The summed E-state index contributed by atoms with van der Waals surface area (Å²) in [5.41, 5.74) is 2.99. The van der Waals surface area contributed by atoms with Crippen LogP contribution in [0.5, 0.6) is 0 Å². The minimum absolute atomic E-state index is 0.0946. The SMILES string of the molecule is CCC(C)CC(=O)Nc1c(C)[nH]c2ccccc12. The summed E-state index contributed by atoms with van der Waals surface area (Å²) >= 11 is 0. The Balaban J connectivity index is 2.21. The molecule has 1 unspecified atom stereocenters. The molecule has 1 amide bonds. The topological polar surface area (TPSA) is 44.9 Å². The molecule has 3 nitrogen and oxygen atoms in total. The Morgan fingerprint density at radius 3 is 2.83 bits per heavy atom. The molecule has 0 bridgehead atoms. The van der Waals surface area contributed by atoms with Crippen LogP contribution in [0.25, 0.3) is 10.9 Å². The van der Waals surface area contributed by atoms with Crippen molar-refractivity contribution in [1.82, 2.24) is 4.98 Å². The van der Waals surface area contributed by atoms with Gasteiger partial charge in [0.25, 0.3) is 0 Å². The largest absolute Gasteiger partial charge is 0.357 e. The zero-order valence-electron chi connectivity index (χ0n) is 11.2. The number of carbonyl (C=O) groups excluding carboxylic acids is 1. The molecule has 1 heterocycles. The van der Waals surface area contributed by atoms with Gasteiger partial charge in [0.2, 0.25) is 5.91 Å². The first-order valence-corrected chi connectivity index (χ1v) is 6.49. The summed E-state index contributed by atoms with van der Waals surface area (Å²) in [6.07, 6.45) is 1.61. The number of nitrogens with one attached hydrogen (secondary N) is 2. The van der Waals surface area contributed by atoms with E-state index in [1.54, 1.807) is 0 Å². The fourth-order valence-corrected chi connectivity index (χ4v) is 2.09. The van der Waals surface area contributed by atoms with Crippen molar-refractivity contribution >= 4 is 22.5 Å². The number of aromatic amines is 1. The third-order valence-electron chi connectivity index (χ3n) is 3.39. The van der Waals surface area contributed by atoms with Gasteiger partial charge in [0, 0.05) is 23.0 Å². The van der Waals surface area contributed by atoms with Gasteiger partial charge < -0.3 is 10.3 Å². The summed E-state index contributed by atoms with van der Waals surface area (Å²) in [4.78, 5) is 15.2. The fourth-order valence-electron chi connectivity index (χ4n) is 2.09. The van der Waals surface area contributed by atoms with Crippen LogP contribution in [0.2, 0.25) is 0 Å². The number of aromatic nitrogens is 1. The van der Waals surface area contributed by atoms with Crippen LogP contribution in [-0.2, 0) is 4.79 Å². The van der Waals surface area contributed by atoms with Crippen LogP contribution >= 0.6 is 0 Å². The number of anilines is 1. The summed E-state index contributed by atoms with van der Waals surface area (Å²) < 4.78 is 0. The van der Waals surface area contributed by atoms with Gasteiger partial charge in [-0.25, -0.2) is 0 Å². The zero-order chi connectivity index (χ0) is 13.1. The number of hydrogen-bond acceptors (Lipinski definition) is 1. The molecule has 0 spiro atoms. The second-order valence-electron chi connectivity index (χ2n) is 4.94. The normalized spacial score (nSPS) is 12.6. The van der Waals surface area contributed by atoms with Crippen LogP contribution in [-0.4, -0.2) is 10.9 Å². The first kappa shape index (κ1) is 12.7. The van der Waals surface area contributed by atoms with Gasteiger partial charge in [0.05, 0.1) is 5.69 Å². The van der Waals surface area contributed by atoms with Crippen LogP contribution in [0, 0.1) is 12.8 Å². The third-order valence-corrected chi connectivity index (χ3v) is 3.39. The van der Waals surface area contributed by atoms with E-state index in [0.29, 0.717) is 12.3 Å². The molecule has 0 aliphatic rings. The fraction of sp³-hybridized carbons (Fsp3) is 0.400. The number of aryl methyl sites for hydroxylation is 1. The first-order chi connectivity index (χ1) is 8.61. The summed E-state index contributed by atoms with van der Waals surface area (Å²) in [7, 11) is 0.